The number of hydrogen-bond donors (Lipinski definition) is 2. The average molecular weight is 324 g/mol. The van der Waals surface area contributed by atoms with Crippen LogP contribution in [0, 0.1) is 0 Å². The summed E-state index contributed by atoms with van der Waals surface area (Å²) >= 11 is 3.08. The van der Waals surface area contributed by atoms with Crippen LogP contribution in [0.2, 0.25) is 0 Å². The van der Waals surface area contributed by atoms with E-state index in [9.17, 15) is 14.7 Å². The zero-order valence-electron chi connectivity index (χ0n) is 9.67. The van der Waals surface area contributed by atoms with Crippen LogP contribution in [0.1, 0.15) is 22.0 Å². The lowest BCUT2D eigenvalue weighted by atomic mass is 10.1. The van der Waals surface area contributed by atoms with E-state index in [2.05, 4.69) is 21.2 Å². The van der Waals surface area contributed by atoms with Gasteiger partial charge in [-0.2, -0.15) is 0 Å². The molecule has 1 atom stereocenters. The van der Waals surface area contributed by atoms with Gasteiger partial charge in [0, 0.05) is 0 Å². The van der Waals surface area contributed by atoms with E-state index in [1.54, 1.807) is 30.3 Å². The molecular weight excluding hydrogens is 314 g/mol. The number of carboxylic acid groups (broad SMARTS) is 1. The first-order valence-electron chi connectivity index (χ1n) is 5.41. The fourth-order valence-corrected chi connectivity index (χ4v) is 2.02. The van der Waals surface area contributed by atoms with Crippen molar-refractivity contribution < 1.29 is 19.1 Å². The Bertz CT molecular complexity index is 594. The second-order valence-electron chi connectivity index (χ2n) is 3.76. The third kappa shape index (κ3) is 3.03. The average Bonchev–Trinajstić information content (AvgIpc) is 2.82. The van der Waals surface area contributed by atoms with Crippen molar-refractivity contribution >= 4 is 27.8 Å². The van der Waals surface area contributed by atoms with Gasteiger partial charge in [-0.15, -0.1) is 0 Å². The van der Waals surface area contributed by atoms with Crippen molar-refractivity contribution in [2.75, 3.05) is 0 Å². The Hall–Kier alpha value is -2.08. The molecule has 0 radical (unpaired) electrons. The van der Waals surface area contributed by atoms with Gasteiger partial charge in [-0.05, 0) is 27.6 Å². The molecule has 1 amide bonds. The molecule has 2 rings (SSSR count). The molecule has 98 valence electrons. The summed E-state index contributed by atoms with van der Waals surface area (Å²) < 4.78 is 5.21. The Morgan fingerprint density at radius 3 is 2.42 bits per heavy atom. The number of carbonyl (C=O) groups is 2. The van der Waals surface area contributed by atoms with Crippen molar-refractivity contribution in [3.63, 3.8) is 0 Å². The van der Waals surface area contributed by atoms with Crippen LogP contribution in [0.25, 0.3) is 0 Å². The van der Waals surface area contributed by atoms with Crippen molar-refractivity contribution in [1.29, 1.82) is 0 Å². The Balaban J connectivity index is 2.21. The molecule has 1 aromatic heterocycles. The van der Waals surface area contributed by atoms with Gasteiger partial charge in [0.1, 0.15) is 0 Å². The van der Waals surface area contributed by atoms with Gasteiger partial charge in [-0.3, -0.25) is 4.79 Å². The van der Waals surface area contributed by atoms with Crippen molar-refractivity contribution in [1.82, 2.24) is 5.32 Å². The zero-order valence-corrected chi connectivity index (χ0v) is 11.3. The van der Waals surface area contributed by atoms with Crippen molar-refractivity contribution in [3.8, 4) is 0 Å². The first-order chi connectivity index (χ1) is 9.09. The minimum atomic E-state index is -1.13. The molecule has 0 bridgehead atoms. The lowest BCUT2D eigenvalue weighted by Gasteiger charge is -2.14. The normalized spacial score (nSPS) is 11.8. The number of benzene rings is 1. The molecule has 0 aliphatic rings. The maximum absolute atomic E-state index is 12.0. The van der Waals surface area contributed by atoms with E-state index >= 15 is 0 Å². The number of halogens is 1. The van der Waals surface area contributed by atoms with Gasteiger partial charge in [0.15, 0.2) is 10.7 Å². The predicted molar refractivity (Wildman–Crippen MR) is 70.7 cm³/mol. The molecule has 1 heterocycles. The van der Waals surface area contributed by atoms with E-state index in [0.717, 1.165) is 0 Å². The topological polar surface area (TPSA) is 79.5 Å². The molecule has 5 nitrogen and oxygen atoms in total. The molecule has 2 aromatic rings. The predicted octanol–water partition coefficient (Wildman–Crippen LogP) is 2.60. The Kier molecular flexibility index (Phi) is 4.01. The van der Waals surface area contributed by atoms with Gasteiger partial charge < -0.3 is 14.8 Å². The largest absolute Gasteiger partial charge is 0.479 e. The lowest BCUT2D eigenvalue weighted by molar-refractivity contribution is -0.139. The van der Waals surface area contributed by atoms with Crippen LogP contribution in [0.5, 0.6) is 0 Å². The van der Waals surface area contributed by atoms with E-state index < -0.39 is 17.9 Å². The highest BCUT2D eigenvalue weighted by molar-refractivity contribution is 9.10. The van der Waals surface area contributed by atoms with Gasteiger partial charge in [0.05, 0.1) is 11.8 Å². The number of rotatable bonds is 4. The Labute approximate surface area is 117 Å². The van der Waals surface area contributed by atoms with Gasteiger partial charge in [0.25, 0.3) is 5.91 Å². The van der Waals surface area contributed by atoms with E-state index in [1.165, 1.54) is 12.3 Å². The first kappa shape index (κ1) is 13.4. The number of carboxylic acids is 1. The minimum Gasteiger partial charge on any atom is -0.479 e. The summed E-state index contributed by atoms with van der Waals surface area (Å²) in [5.74, 6) is -1.64. The third-order valence-corrected chi connectivity index (χ3v) is 3.13. The highest BCUT2D eigenvalue weighted by Gasteiger charge is 2.24. The summed E-state index contributed by atoms with van der Waals surface area (Å²) in [6, 6.07) is 8.85. The third-order valence-electron chi connectivity index (χ3n) is 2.52. The fourth-order valence-electron chi connectivity index (χ4n) is 1.60. The van der Waals surface area contributed by atoms with Crippen LogP contribution >= 0.6 is 15.9 Å². The summed E-state index contributed by atoms with van der Waals surface area (Å²) in [5.41, 5.74) is 0.755. The number of hydrogen-bond acceptors (Lipinski definition) is 3. The SMILES string of the molecule is O=C(NC(C(=O)O)c1ccccc1)c1ccoc1Br. The number of carbonyl (C=O) groups excluding carboxylic acids is 1. The highest BCUT2D eigenvalue weighted by atomic mass is 79.9. The fraction of sp³-hybridized carbons (Fsp3) is 0.0769. The van der Waals surface area contributed by atoms with E-state index in [1.807, 2.05) is 0 Å². The molecular formula is C13H10BrNO4. The molecule has 0 saturated heterocycles. The monoisotopic (exact) mass is 323 g/mol. The quantitative estimate of drug-likeness (QED) is 0.906. The minimum absolute atomic E-state index is 0.252. The van der Waals surface area contributed by atoms with Crippen molar-refractivity contribution in [2.24, 2.45) is 0 Å². The second-order valence-corrected chi connectivity index (χ2v) is 4.48. The Morgan fingerprint density at radius 2 is 1.89 bits per heavy atom. The molecule has 1 aromatic carbocycles. The van der Waals surface area contributed by atoms with E-state index in [-0.39, 0.29) is 10.2 Å². The standard InChI is InChI=1S/C13H10BrNO4/c14-11-9(6-7-19-11)12(16)15-10(13(17)18)8-4-2-1-3-5-8/h1-7,10H,(H,15,16)(H,17,18). The maximum atomic E-state index is 12.0. The molecule has 19 heavy (non-hydrogen) atoms. The van der Waals surface area contributed by atoms with Gasteiger partial charge in [-0.1, -0.05) is 30.3 Å². The molecule has 0 aliphatic carbocycles. The summed E-state index contributed by atoms with van der Waals surface area (Å²) in [6.07, 6.45) is 1.34. The summed E-state index contributed by atoms with van der Waals surface area (Å²) in [6.45, 7) is 0. The van der Waals surface area contributed by atoms with Crippen LogP contribution in [0.15, 0.2) is 51.7 Å². The van der Waals surface area contributed by atoms with Crippen LogP contribution < -0.4 is 5.32 Å². The molecule has 6 heteroatoms. The van der Waals surface area contributed by atoms with Gasteiger partial charge >= 0.3 is 5.97 Å². The van der Waals surface area contributed by atoms with Crippen LogP contribution in [0.4, 0.5) is 0 Å². The highest BCUT2D eigenvalue weighted by Crippen LogP contribution is 2.19. The number of aliphatic carboxylic acids is 1. The first-order valence-corrected chi connectivity index (χ1v) is 6.20. The van der Waals surface area contributed by atoms with E-state index in [4.69, 9.17) is 4.42 Å². The Morgan fingerprint density at radius 1 is 1.21 bits per heavy atom. The summed E-state index contributed by atoms with van der Waals surface area (Å²) in [4.78, 5) is 23.2. The van der Waals surface area contributed by atoms with Crippen LogP contribution in [-0.2, 0) is 4.79 Å². The zero-order chi connectivity index (χ0) is 13.8. The van der Waals surface area contributed by atoms with Crippen molar-refractivity contribution in [3.05, 3.63) is 58.5 Å². The smallest absolute Gasteiger partial charge is 0.330 e. The lowest BCUT2D eigenvalue weighted by Crippen LogP contribution is -2.33. The number of furan rings is 1. The van der Waals surface area contributed by atoms with Crippen LogP contribution in [-0.4, -0.2) is 17.0 Å². The summed E-state index contributed by atoms with van der Waals surface area (Å²) in [5, 5.41) is 11.6. The van der Waals surface area contributed by atoms with Crippen LogP contribution in [0.3, 0.4) is 0 Å². The molecule has 0 spiro atoms. The molecule has 0 fully saturated rings. The molecule has 0 saturated carbocycles. The molecule has 0 aliphatic heterocycles. The van der Waals surface area contributed by atoms with Crippen molar-refractivity contribution in [2.45, 2.75) is 6.04 Å². The molecule has 1 unspecified atom stereocenters. The van der Waals surface area contributed by atoms with Gasteiger partial charge in [0.2, 0.25) is 0 Å². The molecule has 2 N–H and O–H groups in total. The summed E-state index contributed by atoms with van der Waals surface area (Å²) in [7, 11) is 0. The maximum Gasteiger partial charge on any atom is 0.330 e. The van der Waals surface area contributed by atoms with E-state index in [0.29, 0.717) is 5.56 Å². The van der Waals surface area contributed by atoms with Gasteiger partial charge in [-0.25, -0.2) is 4.79 Å². The number of amides is 1. The number of nitrogens with one attached hydrogen (secondary N) is 1. The second kappa shape index (κ2) is 5.71.